The van der Waals surface area contributed by atoms with Crippen LogP contribution in [0.4, 0.5) is 4.79 Å². The summed E-state index contributed by atoms with van der Waals surface area (Å²) in [4.78, 5) is 36.2. The standard InChI is InChI=1S/C22H25ClN2O4/c1-3-14-5-6-15(4-2)18(11-14)20(26)13-29-21(27)12-19(25-22(24)28)16-7-9-17(23)10-8-16/h5-11,19H,3-4,12-13H2,1-2H3,(H3,24,25,28)/t19-/m0/s1. The van der Waals surface area contributed by atoms with Gasteiger partial charge in [0, 0.05) is 10.6 Å². The number of nitrogens with two attached hydrogens (primary N) is 1. The SMILES string of the molecule is CCc1ccc(CC)c(C(=O)COC(=O)C[C@H](NC(N)=O)c2ccc(Cl)cc2)c1. The van der Waals surface area contributed by atoms with Gasteiger partial charge in [0.15, 0.2) is 6.61 Å². The number of benzene rings is 2. The second-order valence-corrected chi connectivity index (χ2v) is 7.04. The molecule has 0 aromatic heterocycles. The fraction of sp³-hybridized carbons (Fsp3) is 0.318. The number of hydrogen-bond donors (Lipinski definition) is 2. The van der Waals surface area contributed by atoms with Crippen molar-refractivity contribution >= 4 is 29.4 Å². The van der Waals surface area contributed by atoms with Crippen molar-refractivity contribution in [3.8, 4) is 0 Å². The maximum Gasteiger partial charge on any atom is 0.312 e. The molecule has 0 saturated carbocycles. The normalized spacial score (nSPS) is 11.6. The monoisotopic (exact) mass is 416 g/mol. The molecule has 0 fully saturated rings. The van der Waals surface area contributed by atoms with E-state index in [0.29, 0.717) is 22.6 Å². The van der Waals surface area contributed by atoms with E-state index in [1.54, 1.807) is 24.3 Å². The molecule has 0 aliphatic rings. The number of primary amides is 1. The number of aryl methyl sites for hydroxylation is 2. The van der Waals surface area contributed by atoms with E-state index < -0.39 is 18.0 Å². The lowest BCUT2D eigenvalue weighted by molar-refractivity contribution is -0.143. The van der Waals surface area contributed by atoms with E-state index in [9.17, 15) is 14.4 Å². The molecule has 2 aromatic carbocycles. The molecule has 0 unspecified atom stereocenters. The minimum absolute atomic E-state index is 0.159. The highest BCUT2D eigenvalue weighted by Gasteiger charge is 2.20. The number of carbonyl (C=O) groups is 3. The van der Waals surface area contributed by atoms with Crippen LogP contribution in [0.5, 0.6) is 0 Å². The van der Waals surface area contributed by atoms with E-state index in [1.165, 1.54) is 0 Å². The lowest BCUT2D eigenvalue weighted by Gasteiger charge is -2.17. The Morgan fingerprint density at radius 3 is 2.34 bits per heavy atom. The van der Waals surface area contributed by atoms with E-state index >= 15 is 0 Å². The van der Waals surface area contributed by atoms with E-state index in [4.69, 9.17) is 22.1 Å². The first-order valence-corrected chi connectivity index (χ1v) is 9.83. The second-order valence-electron chi connectivity index (χ2n) is 6.60. The van der Waals surface area contributed by atoms with Crippen LogP contribution in [0.2, 0.25) is 5.02 Å². The Bertz CT molecular complexity index is 881. The average molecular weight is 417 g/mol. The highest BCUT2D eigenvalue weighted by molar-refractivity contribution is 6.30. The van der Waals surface area contributed by atoms with Crippen LogP contribution < -0.4 is 11.1 Å². The fourth-order valence-corrected chi connectivity index (χ4v) is 3.11. The van der Waals surface area contributed by atoms with E-state index in [-0.39, 0.29) is 18.8 Å². The Morgan fingerprint density at radius 2 is 1.76 bits per heavy atom. The summed E-state index contributed by atoms with van der Waals surface area (Å²) >= 11 is 5.88. The molecule has 1 atom stereocenters. The van der Waals surface area contributed by atoms with Crippen LogP contribution in [0.25, 0.3) is 0 Å². The minimum Gasteiger partial charge on any atom is -0.457 e. The predicted molar refractivity (Wildman–Crippen MR) is 112 cm³/mol. The van der Waals surface area contributed by atoms with Crippen LogP contribution in [0.3, 0.4) is 0 Å². The smallest absolute Gasteiger partial charge is 0.312 e. The van der Waals surface area contributed by atoms with Gasteiger partial charge in [-0.3, -0.25) is 9.59 Å². The molecule has 2 aromatic rings. The predicted octanol–water partition coefficient (Wildman–Crippen LogP) is 3.99. The average Bonchev–Trinajstić information content (AvgIpc) is 2.71. The number of amides is 2. The first-order valence-electron chi connectivity index (χ1n) is 9.46. The third kappa shape index (κ3) is 6.61. The maximum absolute atomic E-state index is 12.6. The van der Waals surface area contributed by atoms with Crippen molar-refractivity contribution in [2.24, 2.45) is 5.73 Å². The summed E-state index contributed by atoms with van der Waals surface area (Å²) in [6.45, 7) is 3.62. The quantitative estimate of drug-likeness (QED) is 0.477. The molecule has 0 aliphatic carbocycles. The number of halogens is 1. The van der Waals surface area contributed by atoms with Gasteiger partial charge in [-0.2, -0.15) is 0 Å². The Kier molecular flexibility index (Phi) is 8.21. The molecule has 0 heterocycles. The van der Waals surface area contributed by atoms with Gasteiger partial charge in [-0.15, -0.1) is 0 Å². The van der Waals surface area contributed by atoms with Gasteiger partial charge < -0.3 is 15.8 Å². The summed E-state index contributed by atoms with van der Waals surface area (Å²) in [6.07, 6.45) is 1.36. The zero-order valence-electron chi connectivity index (χ0n) is 16.5. The molecule has 0 spiro atoms. The number of ketones is 1. The van der Waals surface area contributed by atoms with Crippen molar-refractivity contribution in [3.63, 3.8) is 0 Å². The van der Waals surface area contributed by atoms with Crippen LogP contribution in [0.1, 0.15) is 53.4 Å². The molecule has 7 heteroatoms. The van der Waals surface area contributed by atoms with Gasteiger partial charge in [0.05, 0.1) is 12.5 Å². The van der Waals surface area contributed by atoms with Crippen molar-refractivity contribution in [2.45, 2.75) is 39.2 Å². The molecular formula is C22H25ClN2O4. The lowest BCUT2D eigenvalue weighted by Crippen LogP contribution is -2.34. The highest BCUT2D eigenvalue weighted by atomic mass is 35.5. The van der Waals surface area contributed by atoms with Gasteiger partial charge in [-0.1, -0.05) is 49.7 Å². The van der Waals surface area contributed by atoms with E-state index in [0.717, 1.165) is 17.5 Å². The number of hydrogen-bond acceptors (Lipinski definition) is 4. The molecule has 2 rings (SSSR count). The Balaban J connectivity index is 2.04. The number of nitrogens with one attached hydrogen (secondary N) is 1. The van der Waals surface area contributed by atoms with Crippen molar-refractivity contribution in [1.82, 2.24) is 5.32 Å². The van der Waals surface area contributed by atoms with Gasteiger partial charge >= 0.3 is 12.0 Å². The number of carbonyl (C=O) groups excluding carboxylic acids is 3. The number of Topliss-reactive ketones (excluding diaryl/α,β-unsaturated/α-hetero) is 1. The number of ether oxygens (including phenoxy) is 1. The van der Waals surface area contributed by atoms with Crippen molar-refractivity contribution in [2.75, 3.05) is 6.61 Å². The molecule has 29 heavy (non-hydrogen) atoms. The zero-order chi connectivity index (χ0) is 21.4. The lowest BCUT2D eigenvalue weighted by atomic mass is 9.98. The zero-order valence-corrected chi connectivity index (χ0v) is 17.3. The topological polar surface area (TPSA) is 98.5 Å². The van der Waals surface area contributed by atoms with Crippen molar-refractivity contribution in [3.05, 3.63) is 69.7 Å². The van der Waals surface area contributed by atoms with Crippen molar-refractivity contribution < 1.29 is 19.1 Å². The fourth-order valence-electron chi connectivity index (χ4n) is 2.98. The Morgan fingerprint density at radius 1 is 1.07 bits per heavy atom. The van der Waals surface area contributed by atoms with Gasteiger partial charge in [-0.25, -0.2) is 4.79 Å². The first-order chi connectivity index (χ1) is 13.8. The maximum atomic E-state index is 12.6. The molecule has 6 nitrogen and oxygen atoms in total. The van der Waals surface area contributed by atoms with Crippen LogP contribution in [-0.2, 0) is 22.4 Å². The molecule has 2 amide bonds. The first kappa shape index (κ1) is 22.4. The molecule has 0 saturated heterocycles. The Labute approximate surface area is 175 Å². The van der Waals surface area contributed by atoms with Crippen molar-refractivity contribution in [1.29, 1.82) is 0 Å². The summed E-state index contributed by atoms with van der Waals surface area (Å²) in [5.41, 5.74) is 8.40. The highest BCUT2D eigenvalue weighted by Crippen LogP contribution is 2.20. The summed E-state index contributed by atoms with van der Waals surface area (Å²) in [7, 11) is 0. The largest absolute Gasteiger partial charge is 0.457 e. The summed E-state index contributed by atoms with van der Waals surface area (Å²) < 4.78 is 5.18. The second kappa shape index (κ2) is 10.6. The van der Waals surface area contributed by atoms with Crippen LogP contribution in [0.15, 0.2) is 42.5 Å². The van der Waals surface area contributed by atoms with Gasteiger partial charge in [0.1, 0.15) is 0 Å². The number of esters is 1. The molecular weight excluding hydrogens is 392 g/mol. The molecule has 0 bridgehead atoms. The van der Waals surface area contributed by atoms with Crippen LogP contribution in [0, 0.1) is 0 Å². The minimum atomic E-state index is -0.766. The third-order valence-corrected chi connectivity index (χ3v) is 4.84. The van der Waals surface area contributed by atoms with Gasteiger partial charge in [0.2, 0.25) is 5.78 Å². The van der Waals surface area contributed by atoms with Crippen LogP contribution in [-0.4, -0.2) is 24.4 Å². The molecule has 0 aliphatic heterocycles. The molecule has 154 valence electrons. The summed E-state index contributed by atoms with van der Waals surface area (Å²) in [5, 5.41) is 3.04. The number of urea groups is 1. The third-order valence-electron chi connectivity index (χ3n) is 4.59. The molecule has 3 N–H and O–H groups in total. The van der Waals surface area contributed by atoms with Gasteiger partial charge in [0.25, 0.3) is 0 Å². The van der Waals surface area contributed by atoms with E-state index in [1.807, 2.05) is 32.0 Å². The summed E-state index contributed by atoms with van der Waals surface area (Å²) in [5.74, 6) is -0.867. The number of rotatable bonds is 9. The van der Waals surface area contributed by atoms with Crippen LogP contribution >= 0.6 is 11.6 Å². The summed E-state index contributed by atoms with van der Waals surface area (Å²) in [6, 6.07) is 11.0. The van der Waals surface area contributed by atoms with E-state index in [2.05, 4.69) is 5.32 Å². The van der Waals surface area contributed by atoms with Gasteiger partial charge in [-0.05, 0) is 47.7 Å². The molecule has 0 radical (unpaired) electrons. The Hall–Kier alpha value is -2.86.